The molecule has 0 saturated carbocycles. The maximum absolute atomic E-state index is 11.7. The van der Waals surface area contributed by atoms with Gasteiger partial charge in [0.1, 0.15) is 6.04 Å². The first-order chi connectivity index (χ1) is 7.25. The van der Waals surface area contributed by atoms with Gasteiger partial charge in [0.2, 0.25) is 5.91 Å². The summed E-state index contributed by atoms with van der Waals surface area (Å²) >= 11 is 0. The van der Waals surface area contributed by atoms with Crippen LogP contribution >= 0.6 is 0 Å². The highest BCUT2D eigenvalue weighted by atomic mass is 16.3. The third kappa shape index (κ3) is 1.22. The lowest BCUT2D eigenvalue weighted by Gasteiger charge is -2.32. The van der Waals surface area contributed by atoms with Crippen molar-refractivity contribution in [1.82, 2.24) is 0 Å². The zero-order chi connectivity index (χ0) is 10.4. The molecule has 15 heavy (non-hydrogen) atoms. The van der Waals surface area contributed by atoms with Gasteiger partial charge in [-0.15, -0.1) is 0 Å². The Morgan fingerprint density at radius 2 is 2.20 bits per heavy atom. The van der Waals surface area contributed by atoms with Crippen molar-refractivity contribution in [2.45, 2.75) is 18.6 Å². The number of fused-ring (bicyclic) bond motifs is 3. The molecule has 1 saturated heterocycles. The van der Waals surface area contributed by atoms with E-state index in [1.165, 1.54) is 0 Å². The number of nitrogens with one attached hydrogen (secondary N) is 1. The van der Waals surface area contributed by atoms with E-state index in [1.54, 1.807) is 0 Å². The Bertz CT molecular complexity index is 419. The van der Waals surface area contributed by atoms with Crippen molar-refractivity contribution in [2.24, 2.45) is 0 Å². The van der Waals surface area contributed by atoms with Crippen LogP contribution in [0.3, 0.4) is 0 Å². The van der Waals surface area contributed by atoms with Gasteiger partial charge < -0.3 is 15.3 Å². The number of benzene rings is 1. The fourth-order valence-corrected chi connectivity index (χ4v) is 2.37. The SMILES string of the molecule is O=C1Nc2ccccc2N2CC(O)C[C@H]12. The standard InChI is InChI=1S/C11H12N2O2/c14-7-5-10-11(15)12-8-3-1-2-4-9(8)13(10)6-7/h1-4,7,10,14H,5-6H2,(H,12,15)/t7?,10-/m1/s1. The Labute approximate surface area is 87.5 Å². The van der Waals surface area contributed by atoms with E-state index in [4.69, 9.17) is 0 Å². The van der Waals surface area contributed by atoms with Crippen LogP contribution in [-0.4, -0.2) is 29.7 Å². The summed E-state index contributed by atoms with van der Waals surface area (Å²) in [5.74, 6) is -0.00903. The van der Waals surface area contributed by atoms with Crippen LogP contribution in [0.1, 0.15) is 6.42 Å². The Balaban J connectivity index is 2.08. The summed E-state index contributed by atoms with van der Waals surface area (Å²) in [6, 6.07) is 7.49. The van der Waals surface area contributed by atoms with E-state index >= 15 is 0 Å². The topological polar surface area (TPSA) is 52.6 Å². The number of amides is 1. The molecule has 0 bridgehead atoms. The quantitative estimate of drug-likeness (QED) is 0.650. The van der Waals surface area contributed by atoms with Crippen molar-refractivity contribution in [3.05, 3.63) is 24.3 Å². The molecule has 2 N–H and O–H groups in total. The number of rotatable bonds is 0. The van der Waals surface area contributed by atoms with Crippen LogP contribution in [0.15, 0.2) is 24.3 Å². The number of anilines is 2. The summed E-state index contributed by atoms with van der Waals surface area (Å²) in [5, 5.41) is 12.4. The maximum Gasteiger partial charge on any atom is 0.247 e. The highest BCUT2D eigenvalue weighted by molar-refractivity contribution is 6.04. The summed E-state index contributed by atoms with van der Waals surface area (Å²) in [7, 11) is 0. The Morgan fingerprint density at radius 3 is 3.07 bits per heavy atom. The van der Waals surface area contributed by atoms with Crippen LogP contribution in [0.5, 0.6) is 0 Å². The second kappa shape index (κ2) is 2.97. The molecule has 2 atom stereocenters. The van der Waals surface area contributed by atoms with E-state index in [2.05, 4.69) is 5.32 Å². The molecule has 0 radical (unpaired) electrons. The van der Waals surface area contributed by atoms with Gasteiger partial charge in [-0.1, -0.05) is 12.1 Å². The van der Waals surface area contributed by atoms with Gasteiger partial charge >= 0.3 is 0 Å². The largest absolute Gasteiger partial charge is 0.391 e. The lowest BCUT2D eigenvalue weighted by molar-refractivity contribution is -0.117. The number of hydrogen-bond acceptors (Lipinski definition) is 3. The lowest BCUT2D eigenvalue weighted by atomic mass is 10.1. The molecule has 2 aliphatic rings. The summed E-state index contributed by atoms with van der Waals surface area (Å²) in [5.41, 5.74) is 1.85. The summed E-state index contributed by atoms with van der Waals surface area (Å²) < 4.78 is 0. The van der Waals surface area contributed by atoms with Gasteiger partial charge in [-0.05, 0) is 12.1 Å². The molecule has 2 aliphatic heterocycles. The van der Waals surface area contributed by atoms with Crippen molar-refractivity contribution >= 4 is 17.3 Å². The molecule has 3 rings (SSSR count). The van der Waals surface area contributed by atoms with E-state index in [0.29, 0.717) is 13.0 Å². The van der Waals surface area contributed by atoms with Crippen molar-refractivity contribution in [1.29, 1.82) is 0 Å². The van der Waals surface area contributed by atoms with Gasteiger partial charge in [-0.3, -0.25) is 4.79 Å². The van der Waals surface area contributed by atoms with Crippen molar-refractivity contribution in [2.75, 3.05) is 16.8 Å². The molecule has 4 nitrogen and oxygen atoms in total. The van der Waals surface area contributed by atoms with Crippen LogP contribution in [0.2, 0.25) is 0 Å². The fourth-order valence-electron chi connectivity index (χ4n) is 2.37. The minimum atomic E-state index is -0.396. The molecule has 4 heteroatoms. The number of aliphatic hydroxyl groups is 1. The highest BCUT2D eigenvalue weighted by Crippen LogP contribution is 2.36. The molecule has 0 spiro atoms. The van der Waals surface area contributed by atoms with Crippen LogP contribution in [0.25, 0.3) is 0 Å². The molecule has 1 fully saturated rings. The van der Waals surface area contributed by atoms with Gasteiger partial charge in [0.25, 0.3) is 0 Å². The first-order valence-electron chi connectivity index (χ1n) is 5.10. The average Bonchev–Trinajstić information content (AvgIpc) is 2.61. The number of aliphatic hydroxyl groups excluding tert-OH is 1. The Morgan fingerprint density at radius 1 is 1.40 bits per heavy atom. The monoisotopic (exact) mass is 204 g/mol. The minimum Gasteiger partial charge on any atom is -0.391 e. The van der Waals surface area contributed by atoms with E-state index in [-0.39, 0.29) is 11.9 Å². The van der Waals surface area contributed by atoms with E-state index in [0.717, 1.165) is 11.4 Å². The second-order valence-corrected chi connectivity index (χ2v) is 4.06. The van der Waals surface area contributed by atoms with Gasteiger partial charge in [-0.2, -0.15) is 0 Å². The molecule has 0 aromatic heterocycles. The van der Waals surface area contributed by atoms with Crippen LogP contribution in [0.4, 0.5) is 11.4 Å². The Kier molecular flexibility index (Phi) is 1.73. The average molecular weight is 204 g/mol. The van der Waals surface area contributed by atoms with Gasteiger partial charge in [-0.25, -0.2) is 0 Å². The van der Waals surface area contributed by atoms with Crippen LogP contribution in [0, 0.1) is 0 Å². The number of carbonyl (C=O) groups excluding carboxylic acids is 1. The molecule has 1 amide bonds. The van der Waals surface area contributed by atoms with E-state index in [9.17, 15) is 9.90 Å². The smallest absolute Gasteiger partial charge is 0.247 e. The zero-order valence-electron chi connectivity index (χ0n) is 8.18. The molecule has 1 aromatic carbocycles. The highest BCUT2D eigenvalue weighted by Gasteiger charge is 2.39. The maximum atomic E-state index is 11.7. The van der Waals surface area contributed by atoms with E-state index in [1.807, 2.05) is 29.2 Å². The number of hydrogen-bond donors (Lipinski definition) is 2. The number of carbonyl (C=O) groups is 1. The predicted octanol–water partition coefficient (Wildman–Crippen LogP) is 0.578. The summed E-state index contributed by atoms with van der Waals surface area (Å²) in [6.07, 6.45) is 0.132. The molecule has 2 heterocycles. The lowest BCUT2D eigenvalue weighted by Crippen LogP contribution is -2.43. The summed E-state index contributed by atoms with van der Waals surface area (Å²) in [4.78, 5) is 13.7. The summed E-state index contributed by atoms with van der Waals surface area (Å²) in [6.45, 7) is 0.551. The van der Waals surface area contributed by atoms with Crippen molar-refractivity contribution in [3.63, 3.8) is 0 Å². The zero-order valence-corrected chi connectivity index (χ0v) is 8.18. The van der Waals surface area contributed by atoms with Gasteiger partial charge in [0.15, 0.2) is 0 Å². The van der Waals surface area contributed by atoms with Crippen LogP contribution in [-0.2, 0) is 4.79 Å². The number of para-hydroxylation sites is 2. The second-order valence-electron chi connectivity index (χ2n) is 4.06. The van der Waals surface area contributed by atoms with Crippen LogP contribution < -0.4 is 10.2 Å². The number of nitrogens with zero attached hydrogens (tertiary/aromatic N) is 1. The first kappa shape index (κ1) is 8.73. The molecule has 1 aromatic rings. The van der Waals surface area contributed by atoms with Crippen molar-refractivity contribution in [3.8, 4) is 0 Å². The molecular weight excluding hydrogens is 192 g/mol. The third-order valence-electron chi connectivity index (χ3n) is 3.05. The first-order valence-corrected chi connectivity index (χ1v) is 5.10. The minimum absolute atomic E-state index is 0.00903. The molecular formula is C11H12N2O2. The normalized spacial score (nSPS) is 28.3. The van der Waals surface area contributed by atoms with Gasteiger partial charge in [0.05, 0.1) is 17.5 Å². The fraction of sp³-hybridized carbons (Fsp3) is 0.364. The molecule has 0 aliphatic carbocycles. The predicted molar refractivity (Wildman–Crippen MR) is 56.8 cm³/mol. The van der Waals surface area contributed by atoms with Crippen molar-refractivity contribution < 1.29 is 9.90 Å². The van der Waals surface area contributed by atoms with Gasteiger partial charge in [0, 0.05) is 13.0 Å². The third-order valence-corrected chi connectivity index (χ3v) is 3.05. The molecule has 1 unspecified atom stereocenters. The molecule has 78 valence electrons. The Hall–Kier alpha value is -1.55. The van der Waals surface area contributed by atoms with E-state index < -0.39 is 6.10 Å².